The molecule has 3 atom stereocenters. The Morgan fingerprint density at radius 2 is 0.600 bits per heavy atom. The number of halogens is 4. The average molecular weight is 1200 g/mol. The third-order valence-corrected chi connectivity index (χ3v) is 13.0. The van der Waals surface area contributed by atoms with E-state index in [-0.39, 0.29) is 109 Å². The molecule has 3 unspecified atom stereocenters. The minimum absolute atomic E-state index is 0. The minimum atomic E-state index is -4.33. The zero-order valence-electron chi connectivity index (χ0n) is 45.5. The molecule has 0 spiro atoms. The predicted molar refractivity (Wildman–Crippen MR) is 351 cm³/mol. The summed E-state index contributed by atoms with van der Waals surface area (Å²) in [6.45, 7) is 16.9. The fraction of sp³-hybridized carbons (Fsp3) is 0.479. The van der Waals surface area contributed by atoms with E-state index >= 15 is 0 Å². The Balaban J connectivity index is -0.000000262. The number of rotatable bonds is 27. The van der Waals surface area contributed by atoms with Crippen molar-refractivity contribution >= 4 is 0 Å². The Kier molecular flexibility index (Phi) is 48.6. The zero-order chi connectivity index (χ0) is 55.5. The van der Waals surface area contributed by atoms with Crippen molar-refractivity contribution in [2.45, 2.75) is 134 Å². The Bertz CT molecular complexity index is 2580. The maximum absolute atomic E-state index is 13.0. The first kappa shape index (κ1) is 89.9. The van der Waals surface area contributed by atoms with Crippen LogP contribution in [0, 0.1) is 33.4 Å². The van der Waals surface area contributed by atoms with E-state index in [2.05, 4.69) is 47.6 Å². The summed E-state index contributed by atoms with van der Waals surface area (Å²) in [4.78, 5) is 0. The van der Waals surface area contributed by atoms with Crippen LogP contribution in [-0.4, -0.2) is 81.3 Å². The van der Waals surface area contributed by atoms with Crippen LogP contribution in [0.1, 0.15) is 139 Å². The molecule has 0 aromatic heterocycles. The van der Waals surface area contributed by atoms with Gasteiger partial charge in [0, 0.05) is 37.6 Å². The SMILES string of the molecule is C.C.C.C.C.C.C.C.C.CCC(C)(COC)COCOc1ccc(-c2ccc(C#N)cc2)cc1.CCC(C)(COC)COCOc1ccc(-c2ccc(C(F)(F)F)cc2)cc1.CCC(C)(COC)COCOc1ccc(-c2ccc(F)cc2)cc1. The number of methoxy groups -OCH3 is 3. The minimum Gasteiger partial charge on any atom is -0.468 e. The summed E-state index contributed by atoms with van der Waals surface area (Å²) < 4.78 is 100. The Hall–Kier alpha value is -6.31. The van der Waals surface area contributed by atoms with Gasteiger partial charge in [0.05, 0.1) is 56.8 Å². The highest BCUT2D eigenvalue weighted by Crippen LogP contribution is 2.32. The molecule has 0 N–H and O–H groups in total. The van der Waals surface area contributed by atoms with Gasteiger partial charge < -0.3 is 42.6 Å². The predicted octanol–water partition coefficient (Wildman–Crippen LogP) is 21.1. The van der Waals surface area contributed by atoms with E-state index in [9.17, 15) is 17.6 Å². The average Bonchev–Trinajstić information content (AvgIpc) is 3.44. The molecule has 0 aliphatic heterocycles. The van der Waals surface area contributed by atoms with Crippen molar-refractivity contribution in [2.75, 3.05) is 81.3 Å². The second kappa shape index (κ2) is 46.0. The van der Waals surface area contributed by atoms with Crippen molar-refractivity contribution in [3.05, 3.63) is 163 Å². The normalized spacial score (nSPS) is 12.1. The Morgan fingerprint density at radius 1 is 0.365 bits per heavy atom. The molecule has 482 valence electrons. The molecular weight excluding hydrogens is 1090 g/mol. The van der Waals surface area contributed by atoms with Crippen LogP contribution in [0.25, 0.3) is 33.4 Å². The first-order valence-corrected chi connectivity index (χ1v) is 25.3. The van der Waals surface area contributed by atoms with E-state index in [1.54, 1.807) is 57.7 Å². The van der Waals surface area contributed by atoms with Crippen LogP contribution >= 0.6 is 0 Å². The highest BCUT2D eigenvalue weighted by molar-refractivity contribution is 5.66. The number of alkyl halides is 3. The number of benzene rings is 6. The summed E-state index contributed by atoms with van der Waals surface area (Å²) in [5, 5.41) is 8.85. The largest absolute Gasteiger partial charge is 0.468 e. The second-order valence-electron chi connectivity index (χ2n) is 19.5. The topological polar surface area (TPSA) is 107 Å². The van der Waals surface area contributed by atoms with E-state index in [1.807, 2.05) is 72.8 Å². The summed E-state index contributed by atoms with van der Waals surface area (Å²) in [6.07, 6.45) is -1.43. The molecule has 0 aliphatic carbocycles. The van der Waals surface area contributed by atoms with Crippen molar-refractivity contribution in [1.29, 1.82) is 5.26 Å². The molecule has 0 saturated carbocycles. The second-order valence-corrected chi connectivity index (χ2v) is 19.5. The van der Waals surface area contributed by atoms with Crippen LogP contribution in [0.2, 0.25) is 0 Å². The first-order valence-electron chi connectivity index (χ1n) is 25.3. The van der Waals surface area contributed by atoms with Gasteiger partial charge in [-0.25, -0.2) is 4.39 Å². The van der Waals surface area contributed by atoms with Crippen LogP contribution in [0.3, 0.4) is 0 Å². The van der Waals surface area contributed by atoms with Gasteiger partial charge in [-0.3, -0.25) is 0 Å². The lowest BCUT2D eigenvalue weighted by atomic mass is 9.90. The van der Waals surface area contributed by atoms with Gasteiger partial charge in [-0.2, -0.15) is 18.4 Å². The Labute approximate surface area is 514 Å². The van der Waals surface area contributed by atoms with Crippen LogP contribution in [0.4, 0.5) is 17.6 Å². The standard InChI is InChI=1S/C21H25F3O3.C21H25NO3.C20H25FO3.9CH4/c1-4-20(2,13-25-3)14-26-15-27-19-11-7-17(8-12-19)16-5-9-18(10-6-16)21(22,23)24;1-4-21(2,14-23-3)15-24-16-25-20-11-9-19(10-12-20)18-7-5-17(13-22)6-8-18;1-4-20(2,13-22-3)14-23-15-24-19-11-7-17(8-12-19)16-5-9-18(21)10-6-16;;;;;;;;;/h5-12H,4,13-15H2,1-3H3;5-12H,4,14-16H2,1-3H3;5-12H,4,13-15H2,1-3H3;9*1H4. The molecule has 0 heterocycles. The van der Waals surface area contributed by atoms with Gasteiger partial charge in [0.15, 0.2) is 20.4 Å². The zero-order valence-corrected chi connectivity index (χ0v) is 45.5. The first-order chi connectivity index (χ1) is 36.4. The van der Waals surface area contributed by atoms with Gasteiger partial charge >= 0.3 is 6.18 Å². The summed E-state index contributed by atoms with van der Waals surface area (Å²) in [5.74, 6) is 1.91. The lowest BCUT2D eigenvalue weighted by Crippen LogP contribution is -2.28. The molecule has 6 aromatic carbocycles. The van der Waals surface area contributed by atoms with Crippen LogP contribution in [-0.2, 0) is 34.6 Å². The molecular formula is C71H111F4NO9. The quantitative estimate of drug-likeness (QED) is 0.0281. The molecule has 0 aliphatic rings. The molecule has 6 rings (SSSR count). The molecule has 85 heavy (non-hydrogen) atoms. The molecule has 0 fully saturated rings. The van der Waals surface area contributed by atoms with Gasteiger partial charge in [-0.1, -0.05) is 181 Å². The summed E-state index contributed by atoms with van der Waals surface area (Å²) in [7, 11) is 5.08. The van der Waals surface area contributed by atoms with Gasteiger partial charge in [0.1, 0.15) is 23.1 Å². The molecule has 10 nitrogen and oxygen atoms in total. The van der Waals surface area contributed by atoms with Crippen molar-refractivity contribution in [2.24, 2.45) is 16.2 Å². The molecule has 0 saturated heterocycles. The van der Waals surface area contributed by atoms with E-state index in [4.69, 9.17) is 47.9 Å². The van der Waals surface area contributed by atoms with Gasteiger partial charge in [-0.15, -0.1) is 0 Å². The lowest BCUT2D eigenvalue weighted by Gasteiger charge is -2.26. The number of nitrogens with zero attached hydrogens (tertiary/aromatic N) is 1. The third kappa shape index (κ3) is 31.6. The van der Waals surface area contributed by atoms with E-state index in [0.29, 0.717) is 56.5 Å². The van der Waals surface area contributed by atoms with Crippen LogP contribution < -0.4 is 14.2 Å². The monoisotopic (exact) mass is 1200 g/mol. The lowest BCUT2D eigenvalue weighted by molar-refractivity contribution is -0.137. The van der Waals surface area contributed by atoms with E-state index < -0.39 is 11.7 Å². The van der Waals surface area contributed by atoms with E-state index in [1.165, 1.54) is 24.3 Å². The van der Waals surface area contributed by atoms with Crippen molar-refractivity contribution in [3.8, 4) is 56.7 Å². The van der Waals surface area contributed by atoms with Crippen molar-refractivity contribution < 1.29 is 60.2 Å². The highest BCUT2D eigenvalue weighted by atomic mass is 19.4. The van der Waals surface area contributed by atoms with Gasteiger partial charge in [0.25, 0.3) is 0 Å². The van der Waals surface area contributed by atoms with Gasteiger partial charge in [0.2, 0.25) is 0 Å². The molecule has 0 radical (unpaired) electrons. The number of hydrogen-bond acceptors (Lipinski definition) is 10. The fourth-order valence-electron chi connectivity index (χ4n) is 7.44. The third-order valence-electron chi connectivity index (χ3n) is 13.0. The number of hydrogen-bond donors (Lipinski definition) is 0. The smallest absolute Gasteiger partial charge is 0.416 e. The maximum Gasteiger partial charge on any atom is 0.416 e. The van der Waals surface area contributed by atoms with Crippen LogP contribution in [0.5, 0.6) is 17.2 Å². The van der Waals surface area contributed by atoms with Crippen molar-refractivity contribution in [3.63, 3.8) is 0 Å². The van der Waals surface area contributed by atoms with E-state index in [0.717, 1.165) is 70.7 Å². The van der Waals surface area contributed by atoms with Gasteiger partial charge in [-0.05, 0) is 125 Å². The molecule has 6 aromatic rings. The Morgan fingerprint density at radius 3 is 0.824 bits per heavy atom. The number of nitriles is 1. The number of ether oxygens (including phenoxy) is 9. The molecule has 14 heteroatoms. The summed E-state index contributed by atoms with van der Waals surface area (Å²) in [5.41, 5.74) is 5.63. The summed E-state index contributed by atoms with van der Waals surface area (Å²) in [6, 6.07) is 43.8. The molecule has 0 amide bonds. The molecule has 0 bridgehead atoms. The highest BCUT2D eigenvalue weighted by Gasteiger charge is 2.30. The fourth-order valence-corrected chi connectivity index (χ4v) is 7.44. The van der Waals surface area contributed by atoms with Crippen LogP contribution in [0.15, 0.2) is 146 Å². The summed E-state index contributed by atoms with van der Waals surface area (Å²) >= 11 is 0. The van der Waals surface area contributed by atoms with Crippen molar-refractivity contribution in [1.82, 2.24) is 0 Å². The maximum atomic E-state index is 13.0.